The molecule has 0 spiro atoms. The van der Waals surface area contributed by atoms with Crippen LogP contribution in [0.15, 0.2) is 58.6 Å². The zero-order chi connectivity index (χ0) is 20.5. The lowest BCUT2D eigenvalue weighted by molar-refractivity contribution is -0.141. The SMILES string of the molecule is O=C1C(=O)N(C2CCCCC2)C(c2ccc(O)cc2)/C1=C(/O)c1ccc(Br)cc1. The van der Waals surface area contributed by atoms with Crippen molar-refractivity contribution in [2.45, 2.75) is 44.2 Å². The van der Waals surface area contributed by atoms with Gasteiger partial charge < -0.3 is 15.1 Å². The molecular formula is C23H22BrNO4. The summed E-state index contributed by atoms with van der Waals surface area (Å²) in [4.78, 5) is 27.7. The van der Waals surface area contributed by atoms with Crippen LogP contribution in [0.5, 0.6) is 5.75 Å². The summed E-state index contributed by atoms with van der Waals surface area (Å²) in [7, 11) is 0. The molecule has 1 heterocycles. The van der Waals surface area contributed by atoms with Crippen LogP contribution in [0.2, 0.25) is 0 Å². The number of carbonyl (C=O) groups excluding carboxylic acids is 2. The van der Waals surface area contributed by atoms with Crippen LogP contribution in [0.4, 0.5) is 0 Å². The zero-order valence-electron chi connectivity index (χ0n) is 15.8. The van der Waals surface area contributed by atoms with Gasteiger partial charge >= 0.3 is 0 Å². The van der Waals surface area contributed by atoms with Crippen molar-refractivity contribution >= 4 is 33.4 Å². The molecule has 4 rings (SSSR count). The largest absolute Gasteiger partial charge is 0.508 e. The lowest BCUT2D eigenvalue weighted by atomic mass is 9.91. The van der Waals surface area contributed by atoms with Crippen molar-refractivity contribution in [3.63, 3.8) is 0 Å². The van der Waals surface area contributed by atoms with Gasteiger partial charge in [-0.2, -0.15) is 0 Å². The molecule has 29 heavy (non-hydrogen) atoms. The van der Waals surface area contributed by atoms with Crippen LogP contribution in [-0.4, -0.2) is 32.8 Å². The molecule has 1 amide bonds. The molecule has 150 valence electrons. The van der Waals surface area contributed by atoms with Crippen LogP contribution < -0.4 is 0 Å². The summed E-state index contributed by atoms with van der Waals surface area (Å²) < 4.78 is 0.854. The minimum Gasteiger partial charge on any atom is -0.508 e. The van der Waals surface area contributed by atoms with E-state index in [9.17, 15) is 19.8 Å². The number of hydrogen-bond acceptors (Lipinski definition) is 4. The topological polar surface area (TPSA) is 77.8 Å². The number of carbonyl (C=O) groups is 2. The van der Waals surface area contributed by atoms with Crippen LogP contribution in [0.1, 0.15) is 49.3 Å². The maximum absolute atomic E-state index is 13.0. The van der Waals surface area contributed by atoms with Crippen molar-refractivity contribution in [3.05, 3.63) is 69.7 Å². The van der Waals surface area contributed by atoms with Gasteiger partial charge in [0.2, 0.25) is 0 Å². The van der Waals surface area contributed by atoms with Gasteiger partial charge in [-0.25, -0.2) is 0 Å². The summed E-state index contributed by atoms with van der Waals surface area (Å²) in [6.07, 6.45) is 4.86. The molecule has 2 fully saturated rings. The number of aliphatic hydroxyl groups excluding tert-OH is 1. The molecule has 2 N–H and O–H groups in total. The molecule has 6 heteroatoms. The second-order valence-electron chi connectivity index (χ2n) is 7.60. The molecule has 0 aromatic heterocycles. The Balaban J connectivity index is 1.86. The second kappa shape index (κ2) is 8.03. The van der Waals surface area contributed by atoms with E-state index in [1.807, 2.05) is 0 Å². The lowest BCUT2D eigenvalue weighted by Gasteiger charge is -2.35. The number of rotatable bonds is 3. The van der Waals surface area contributed by atoms with E-state index in [4.69, 9.17) is 0 Å². The highest BCUT2D eigenvalue weighted by Gasteiger charge is 2.48. The molecule has 2 aliphatic rings. The molecule has 2 aromatic rings. The highest BCUT2D eigenvalue weighted by molar-refractivity contribution is 9.10. The van der Waals surface area contributed by atoms with E-state index in [-0.39, 0.29) is 23.1 Å². The third-order valence-corrected chi connectivity index (χ3v) is 6.30. The van der Waals surface area contributed by atoms with Gasteiger partial charge in [-0.1, -0.05) is 59.5 Å². The number of hydrogen-bond donors (Lipinski definition) is 2. The molecule has 1 aliphatic heterocycles. The van der Waals surface area contributed by atoms with Crippen LogP contribution in [-0.2, 0) is 9.59 Å². The number of nitrogens with zero attached hydrogens (tertiary/aromatic N) is 1. The summed E-state index contributed by atoms with van der Waals surface area (Å²) in [6.45, 7) is 0. The Morgan fingerprint density at radius 1 is 0.931 bits per heavy atom. The third kappa shape index (κ3) is 3.69. The Labute approximate surface area is 177 Å². The van der Waals surface area contributed by atoms with Gasteiger partial charge in [-0.15, -0.1) is 0 Å². The molecule has 1 unspecified atom stereocenters. The van der Waals surface area contributed by atoms with Crippen molar-refractivity contribution in [2.24, 2.45) is 0 Å². The standard InChI is InChI=1S/C23H22BrNO4/c24-16-10-6-15(7-11-16)21(27)19-20(14-8-12-18(26)13-9-14)25(23(29)22(19)28)17-4-2-1-3-5-17/h6-13,17,20,26-27H,1-5H2/b21-19-. The lowest BCUT2D eigenvalue weighted by Crippen LogP contribution is -2.40. The molecule has 0 radical (unpaired) electrons. The number of likely N-dealkylation sites (tertiary alicyclic amines) is 1. The number of aliphatic hydroxyl groups is 1. The van der Waals surface area contributed by atoms with Crippen molar-refractivity contribution in [3.8, 4) is 5.75 Å². The van der Waals surface area contributed by atoms with E-state index in [0.29, 0.717) is 11.1 Å². The maximum Gasteiger partial charge on any atom is 0.295 e. The highest BCUT2D eigenvalue weighted by Crippen LogP contribution is 2.43. The van der Waals surface area contributed by atoms with E-state index in [2.05, 4.69) is 15.9 Å². The van der Waals surface area contributed by atoms with Crippen LogP contribution >= 0.6 is 15.9 Å². The minimum absolute atomic E-state index is 0.0331. The summed E-state index contributed by atoms with van der Waals surface area (Å²) in [6, 6.07) is 12.8. The van der Waals surface area contributed by atoms with Crippen molar-refractivity contribution in [2.75, 3.05) is 0 Å². The fraction of sp³-hybridized carbons (Fsp3) is 0.304. The Morgan fingerprint density at radius 3 is 2.17 bits per heavy atom. The Bertz CT molecular complexity index is 959. The van der Waals surface area contributed by atoms with Crippen molar-refractivity contribution in [1.29, 1.82) is 0 Å². The average Bonchev–Trinajstić information content (AvgIpc) is 3.00. The number of phenolic OH excluding ortho intramolecular Hbond substituents is 1. The average molecular weight is 456 g/mol. The van der Waals surface area contributed by atoms with Crippen molar-refractivity contribution < 1.29 is 19.8 Å². The summed E-state index contributed by atoms with van der Waals surface area (Å²) in [5.41, 5.74) is 1.29. The monoisotopic (exact) mass is 455 g/mol. The second-order valence-corrected chi connectivity index (χ2v) is 8.51. The van der Waals surface area contributed by atoms with E-state index in [1.54, 1.807) is 41.3 Å². The minimum atomic E-state index is -0.664. The van der Waals surface area contributed by atoms with E-state index >= 15 is 0 Å². The van der Waals surface area contributed by atoms with Gasteiger partial charge in [0.1, 0.15) is 11.5 Å². The zero-order valence-corrected chi connectivity index (χ0v) is 17.4. The first-order valence-electron chi connectivity index (χ1n) is 9.82. The third-order valence-electron chi connectivity index (χ3n) is 5.77. The Morgan fingerprint density at radius 2 is 1.55 bits per heavy atom. The number of ketones is 1. The molecule has 1 atom stereocenters. The molecule has 2 aromatic carbocycles. The van der Waals surface area contributed by atoms with Crippen LogP contribution in [0, 0.1) is 0 Å². The van der Waals surface area contributed by atoms with E-state index in [0.717, 1.165) is 36.6 Å². The number of phenols is 1. The fourth-order valence-corrected chi connectivity index (χ4v) is 4.60. The van der Waals surface area contributed by atoms with Gasteiger partial charge in [0.25, 0.3) is 11.7 Å². The number of halogens is 1. The first kappa shape index (κ1) is 19.7. The Hall–Kier alpha value is -2.60. The molecule has 1 saturated carbocycles. The predicted octanol–water partition coefficient (Wildman–Crippen LogP) is 4.91. The van der Waals surface area contributed by atoms with Gasteiger partial charge in [-0.05, 0) is 42.7 Å². The molecule has 5 nitrogen and oxygen atoms in total. The normalized spacial score (nSPS) is 22.2. The summed E-state index contributed by atoms with van der Waals surface area (Å²) >= 11 is 3.37. The smallest absolute Gasteiger partial charge is 0.295 e. The van der Waals surface area contributed by atoms with Gasteiger partial charge in [-0.3, -0.25) is 9.59 Å². The van der Waals surface area contributed by atoms with E-state index < -0.39 is 17.7 Å². The molecule has 1 saturated heterocycles. The quantitative estimate of drug-likeness (QED) is 0.391. The van der Waals surface area contributed by atoms with Gasteiger partial charge in [0.05, 0.1) is 11.6 Å². The molecule has 0 bridgehead atoms. The first-order chi connectivity index (χ1) is 14.0. The van der Waals surface area contributed by atoms with Gasteiger partial charge in [0.15, 0.2) is 0 Å². The van der Waals surface area contributed by atoms with Crippen molar-refractivity contribution in [1.82, 2.24) is 4.90 Å². The van der Waals surface area contributed by atoms with Gasteiger partial charge in [0, 0.05) is 16.1 Å². The predicted molar refractivity (Wildman–Crippen MR) is 113 cm³/mol. The number of amides is 1. The summed E-state index contributed by atoms with van der Waals surface area (Å²) in [5.74, 6) is -1.29. The number of aromatic hydroxyl groups is 1. The Kier molecular flexibility index (Phi) is 5.46. The maximum atomic E-state index is 13.0. The van der Waals surface area contributed by atoms with Crippen LogP contribution in [0.3, 0.4) is 0 Å². The molecular weight excluding hydrogens is 434 g/mol. The number of Topliss-reactive ketones (excluding diaryl/α,β-unsaturated/α-hetero) is 1. The van der Waals surface area contributed by atoms with Crippen LogP contribution in [0.25, 0.3) is 5.76 Å². The fourth-order valence-electron chi connectivity index (χ4n) is 4.33. The highest BCUT2D eigenvalue weighted by atomic mass is 79.9. The van der Waals surface area contributed by atoms with E-state index in [1.165, 1.54) is 12.1 Å². The molecule has 1 aliphatic carbocycles. The number of benzene rings is 2. The summed E-state index contributed by atoms with van der Waals surface area (Å²) in [5, 5.41) is 20.7. The first-order valence-corrected chi connectivity index (χ1v) is 10.6.